The molecule has 6 rings (SSSR count). The summed E-state index contributed by atoms with van der Waals surface area (Å²) >= 11 is 0. The van der Waals surface area contributed by atoms with E-state index in [1.807, 2.05) is 6.07 Å². The topological polar surface area (TPSA) is 116 Å². The van der Waals surface area contributed by atoms with Gasteiger partial charge in [-0.1, -0.05) is 5.10 Å². The van der Waals surface area contributed by atoms with E-state index in [4.69, 9.17) is 4.42 Å². The minimum atomic E-state index is -1.03. The summed E-state index contributed by atoms with van der Waals surface area (Å²) in [7, 11) is 0. The molecule has 2 saturated heterocycles. The minimum absolute atomic E-state index is 0.138. The number of nitrogens with zero attached hydrogens (tertiary/aromatic N) is 5. The number of hydrogen-bond acceptors (Lipinski definition) is 8. The second kappa shape index (κ2) is 11.1. The van der Waals surface area contributed by atoms with Gasteiger partial charge in [-0.25, -0.2) is 13.8 Å². The Hall–Kier alpha value is -4.09. The Balaban J connectivity index is 0.979. The molecule has 1 spiro atoms. The highest BCUT2D eigenvalue weighted by atomic mass is 19.2. The SMILES string of the molecule is CC1CCCCN1C(=O)C1CC2(CCN(c3ccc(NC(=O)c4nnc(Nc5ccc(F)c(F)c5)o4)cn3)CC2)C1. The molecule has 0 radical (unpaired) electrons. The van der Waals surface area contributed by atoms with Gasteiger partial charge in [0.25, 0.3) is 0 Å². The number of nitrogens with one attached hydrogen (secondary N) is 2. The van der Waals surface area contributed by atoms with Gasteiger partial charge < -0.3 is 24.9 Å². The Kier molecular flexibility index (Phi) is 7.31. The fourth-order valence-electron chi connectivity index (χ4n) is 6.33. The summed E-state index contributed by atoms with van der Waals surface area (Å²) in [6.45, 7) is 4.85. The number of halogens is 2. The average molecular weight is 566 g/mol. The Morgan fingerprint density at radius 1 is 1.00 bits per heavy atom. The number of amides is 2. The van der Waals surface area contributed by atoms with Gasteiger partial charge in [0.1, 0.15) is 5.82 Å². The minimum Gasteiger partial charge on any atom is -0.399 e. The summed E-state index contributed by atoms with van der Waals surface area (Å²) in [5.41, 5.74) is 0.931. The van der Waals surface area contributed by atoms with Crippen LogP contribution in [0.4, 0.5) is 32.0 Å². The summed E-state index contributed by atoms with van der Waals surface area (Å²) in [5, 5.41) is 12.7. The maximum Gasteiger partial charge on any atom is 0.320 e. The second-order valence-corrected chi connectivity index (χ2v) is 11.5. The molecule has 2 N–H and O–H groups in total. The van der Waals surface area contributed by atoms with Gasteiger partial charge in [-0.05, 0) is 81.5 Å². The molecule has 0 bridgehead atoms. The van der Waals surface area contributed by atoms with E-state index in [0.717, 1.165) is 76.1 Å². The van der Waals surface area contributed by atoms with Gasteiger partial charge >= 0.3 is 17.8 Å². The molecule has 4 heterocycles. The molecule has 12 heteroatoms. The number of benzene rings is 1. The Bertz CT molecular complexity index is 1410. The van der Waals surface area contributed by atoms with Crippen molar-refractivity contribution in [3.63, 3.8) is 0 Å². The van der Waals surface area contributed by atoms with E-state index in [9.17, 15) is 18.4 Å². The summed E-state index contributed by atoms with van der Waals surface area (Å²) in [4.78, 5) is 34.5. The fourth-order valence-corrected chi connectivity index (χ4v) is 6.33. The second-order valence-electron chi connectivity index (χ2n) is 11.5. The molecule has 1 aromatic carbocycles. The first-order valence-electron chi connectivity index (χ1n) is 14.2. The number of carbonyl (C=O) groups excluding carboxylic acids is 2. The summed E-state index contributed by atoms with van der Waals surface area (Å²) in [6.07, 6.45) is 9.12. The van der Waals surface area contributed by atoms with Gasteiger partial charge in [0.2, 0.25) is 5.91 Å². The Labute approximate surface area is 236 Å². The normalized spacial score (nSPS) is 20.5. The highest BCUT2D eigenvalue weighted by Gasteiger charge is 2.49. The number of pyridine rings is 1. The smallest absolute Gasteiger partial charge is 0.320 e. The lowest BCUT2D eigenvalue weighted by Gasteiger charge is -2.53. The maximum atomic E-state index is 13.4. The molecule has 3 aliphatic rings. The Morgan fingerprint density at radius 3 is 2.49 bits per heavy atom. The molecule has 1 unspecified atom stereocenters. The van der Waals surface area contributed by atoms with Crippen molar-refractivity contribution in [3.8, 4) is 0 Å². The summed E-state index contributed by atoms with van der Waals surface area (Å²) in [5.74, 6) is -1.56. The maximum absolute atomic E-state index is 13.4. The van der Waals surface area contributed by atoms with Crippen LogP contribution >= 0.6 is 0 Å². The molecule has 2 aliphatic heterocycles. The molecule has 2 aromatic heterocycles. The zero-order valence-corrected chi connectivity index (χ0v) is 22.9. The lowest BCUT2D eigenvalue weighted by Crippen LogP contribution is -2.54. The zero-order chi connectivity index (χ0) is 28.6. The molecule has 3 aromatic rings. The average Bonchev–Trinajstić information content (AvgIpc) is 3.43. The van der Waals surface area contributed by atoms with Crippen LogP contribution in [0.2, 0.25) is 0 Å². The van der Waals surface area contributed by atoms with Crippen LogP contribution in [0.15, 0.2) is 40.9 Å². The van der Waals surface area contributed by atoms with E-state index in [2.05, 4.69) is 42.5 Å². The number of rotatable bonds is 6. The number of likely N-dealkylation sites (tertiary alicyclic amines) is 1. The number of aromatic nitrogens is 3. The summed E-state index contributed by atoms with van der Waals surface area (Å²) in [6, 6.07) is 7.06. The number of hydrogen-bond donors (Lipinski definition) is 2. The van der Waals surface area contributed by atoms with E-state index >= 15 is 0 Å². The van der Waals surface area contributed by atoms with Gasteiger partial charge in [0.15, 0.2) is 11.6 Å². The van der Waals surface area contributed by atoms with Gasteiger partial charge in [-0.15, -0.1) is 5.10 Å². The van der Waals surface area contributed by atoms with E-state index in [-0.39, 0.29) is 28.9 Å². The van der Waals surface area contributed by atoms with Crippen LogP contribution in [-0.2, 0) is 4.79 Å². The van der Waals surface area contributed by atoms with E-state index < -0.39 is 17.5 Å². The quantitative estimate of drug-likeness (QED) is 0.422. The third-order valence-corrected chi connectivity index (χ3v) is 8.74. The van der Waals surface area contributed by atoms with Crippen molar-refractivity contribution in [3.05, 3.63) is 54.1 Å². The third kappa shape index (κ3) is 5.73. The van der Waals surface area contributed by atoms with Crippen LogP contribution in [0.5, 0.6) is 0 Å². The van der Waals surface area contributed by atoms with Crippen LogP contribution in [0, 0.1) is 23.0 Å². The number of piperidine rings is 2. The predicted molar refractivity (Wildman–Crippen MR) is 148 cm³/mol. The molecule has 41 heavy (non-hydrogen) atoms. The molecule has 216 valence electrons. The van der Waals surface area contributed by atoms with Crippen LogP contribution in [0.1, 0.15) is 62.6 Å². The highest BCUT2D eigenvalue weighted by molar-refractivity contribution is 6.00. The molecule has 10 nitrogen and oxygen atoms in total. The standard InChI is InChI=1S/C29H33F2N7O3/c1-18-4-2-3-11-38(18)27(40)19-15-29(16-19)9-12-37(13-10-29)24-8-6-21(17-32-24)33-25(39)26-35-36-28(41-26)34-20-5-7-22(30)23(31)14-20/h5-8,14,17-19H,2-4,9-13,15-16H2,1H3,(H,33,39)(H,34,36). The van der Waals surface area contributed by atoms with Crippen molar-refractivity contribution >= 4 is 35.0 Å². The van der Waals surface area contributed by atoms with Gasteiger partial charge in [0, 0.05) is 43.3 Å². The van der Waals surface area contributed by atoms with Crippen molar-refractivity contribution in [2.75, 3.05) is 35.2 Å². The molecule has 1 atom stereocenters. The molecule has 1 saturated carbocycles. The van der Waals surface area contributed by atoms with E-state index in [1.165, 1.54) is 12.5 Å². The van der Waals surface area contributed by atoms with Crippen LogP contribution in [0.3, 0.4) is 0 Å². The fraction of sp³-hybridized carbons (Fsp3) is 0.483. The molecule has 2 amide bonds. The Morgan fingerprint density at radius 2 is 1.78 bits per heavy atom. The number of carbonyl (C=O) groups is 2. The monoisotopic (exact) mass is 565 g/mol. The highest BCUT2D eigenvalue weighted by Crippen LogP contribution is 2.53. The molecular formula is C29H33F2N7O3. The molecular weight excluding hydrogens is 532 g/mol. The van der Waals surface area contributed by atoms with Crippen molar-refractivity contribution in [2.45, 2.75) is 57.9 Å². The summed E-state index contributed by atoms with van der Waals surface area (Å²) < 4.78 is 31.8. The lowest BCUT2D eigenvalue weighted by atomic mass is 9.57. The lowest BCUT2D eigenvalue weighted by molar-refractivity contribution is -0.148. The van der Waals surface area contributed by atoms with Crippen molar-refractivity contribution in [1.82, 2.24) is 20.1 Å². The van der Waals surface area contributed by atoms with Crippen molar-refractivity contribution in [1.29, 1.82) is 0 Å². The van der Waals surface area contributed by atoms with Crippen LogP contribution in [0.25, 0.3) is 0 Å². The molecule has 3 fully saturated rings. The first-order chi connectivity index (χ1) is 19.8. The first-order valence-corrected chi connectivity index (χ1v) is 14.2. The van der Waals surface area contributed by atoms with Gasteiger partial charge in [-0.2, -0.15) is 0 Å². The van der Waals surface area contributed by atoms with Crippen LogP contribution < -0.4 is 15.5 Å². The van der Waals surface area contributed by atoms with Gasteiger partial charge in [-0.3, -0.25) is 9.59 Å². The first kappa shape index (κ1) is 27.1. The van der Waals surface area contributed by atoms with E-state index in [0.29, 0.717) is 17.6 Å². The predicted octanol–water partition coefficient (Wildman–Crippen LogP) is 5.14. The molecule has 1 aliphatic carbocycles. The largest absolute Gasteiger partial charge is 0.399 e. The third-order valence-electron chi connectivity index (χ3n) is 8.74. The zero-order valence-electron chi connectivity index (χ0n) is 22.9. The van der Waals surface area contributed by atoms with E-state index in [1.54, 1.807) is 12.3 Å². The van der Waals surface area contributed by atoms with Crippen LogP contribution in [-0.4, -0.2) is 57.6 Å². The van der Waals surface area contributed by atoms with Crippen molar-refractivity contribution in [2.24, 2.45) is 11.3 Å². The van der Waals surface area contributed by atoms with Gasteiger partial charge in [0.05, 0.1) is 11.9 Å². The number of anilines is 4. The van der Waals surface area contributed by atoms with Crippen molar-refractivity contribution < 1.29 is 22.8 Å².